The van der Waals surface area contributed by atoms with E-state index >= 15 is 0 Å². The molecule has 0 saturated carbocycles. The summed E-state index contributed by atoms with van der Waals surface area (Å²) in [4.78, 5) is 0. The summed E-state index contributed by atoms with van der Waals surface area (Å²) in [5, 5.41) is 0. The quantitative estimate of drug-likeness (QED) is 0.562. The van der Waals surface area contributed by atoms with Crippen LogP contribution in [0.15, 0.2) is 11.9 Å². The van der Waals surface area contributed by atoms with Gasteiger partial charge >= 0.3 is 6.08 Å². The molecule has 0 aliphatic heterocycles. The first kappa shape index (κ1) is 7.88. The number of allylic oxidation sites excluding steroid dienone is 1. The van der Waals surface area contributed by atoms with Crippen molar-refractivity contribution in [2.75, 3.05) is 5.75 Å². The Morgan fingerprint density at radius 2 is 1.75 bits per heavy atom. The molecule has 4 heteroatoms. The Hall–Kier alpha value is -0.120. The average molecular weight is 142 g/mol. The van der Waals surface area contributed by atoms with Crippen molar-refractivity contribution >= 4 is 12.6 Å². The van der Waals surface area contributed by atoms with Gasteiger partial charge in [-0.05, 0) is 5.75 Å². The fourth-order valence-corrected chi connectivity index (χ4v) is 0.389. The summed E-state index contributed by atoms with van der Waals surface area (Å²) in [5.41, 5.74) is 0. The number of thiol groups is 1. The topological polar surface area (TPSA) is 0 Å². The lowest BCUT2D eigenvalue weighted by atomic mass is 10.4. The van der Waals surface area contributed by atoms with Gasteiger partial charge in [0, 0.05) is 6.42 Å². The second kappa shape index (κ2) is 3.83. The molecule has 0 radical (unpaired) electrons. The number of halogens is 3. The van der Waals surface area contributed by atoms with E-state index in [2.05, 4.69) is 12.6 Å². The van der Waals surface area contributed by atoms with Crippen LogP contribution < -0.4 is 0 Å². The Kier molecular flexibility index (Phi) is 3.77. The van der Waals surface area contributed by atoms with Gasteiger partial charge in [-0.1, -0.05) is 0 Å². The molecule has 48 valence electrons. The minimum absolute atomic E-state index is 0.114. The van der Waals surface area contributed by atoms with Crippen molar-refractivity contribution in [1.29, 1.82) is 0 Å². The SMILES string of the molecule is FC(F)=C(F)CCS. The Morgan fingerprint density at radius 3 is 1.88 bits per heavy atom. The maximum absolute atomic E-state index is 11.6. The van der Waals surface area contributed by atoms with Gasteiger partial charge in [-0.15, -0.1) is 0 Å². The fraction of sp³-hybridized carbons (Fsp3) is 0.500. The largest absolute Gasteiger partial charge is 0.301 e. The highest BCUT2D eigenvalue weighted by atomic mass is 32.1. The van der Waals surface area contributed by atoms with E-state index in [0.29, 0.717) is 0 Å². The van der Waals surface area contributed by atoms with Crippen molar-refractivity contribution in [3.63, 3.8) is 0 Å². The summed E-state index contributed by atoms with van der Waals surface area (Å²) in [7, 11) is 0. The van der Waals surface area contributed by atoms with Gasteiger partial charge in [0.05, 0.1) is 0 Å². The van der Waals surface area contributed by atoms with Crippen LogP contribution >= 0.6 is 12.6 Å². The van der Waals surface area contributed by atoms with Crippen LogP contribution in [0.5, 0.6) is 0 Å². The van der Waals surface area contributed by atoms with Gasteiger partial charge in [0.15, 0.2) is 5.83 Å². The van der Waals surface area contributed by atoms with Crippen LogP contribution in [-0.2, 0) is 0 Å². The fourth-order valence-electron chi connectivity index (χ4n) is 0.193. The molecule has 0 atom stereocenters. The molecule has 0 rings (SSSR count). The van der Waals surface area contributed by atoms with E-state index in [0.717, 1.165) is 0 Å². The summed E-state index contributed by atoms with van der Waals surface area (Å²) in [5.74, 6) is -1.25. The maximum atomic E-state index is 11.6. The van der Waals surface area contributed by atoms with E-state index in [-0.39, 0.29) is 12.2 Å². The van der Waals surface area contributed by atoms with Crippen molar-refractivity contribution in [3.8, 4) is 0 Å². The number of hydrogen-bond acceptors (Lipinski definition) is 1. The molecule has 0 nitrogen and oxygen atoms in total. The van der Waals surface area contributed by atoms with Gasteiger partial charge < -0.3 is 0 Å². The molecule has 0 spiro atoms. The molecule has 0 amide bonds. The Morgan fingerprint density at radius 1 is 1.25 bits per heavy atom. The molecule has 0 aromatic rings. The third-order valence-electron chi connectivity index (χ3n) is 0.536. The molecule has 0 heterocycles. The first-order valence-corrected chi connectivity index (χ1v) is 2.62. The zero-order valence-electron chi connectivity index (χ0n) is 4.00. The number of hydrogen-bond donors (Lipinski definition) is 1. The van der Waals surface area contributed by atoms with Crippen LogP contribution in [0, 0.1) is 0 Å². The van der Waals surface area contributed by atoms with Crippen LogP contribution in [0.1, 0.15) is 6.42 Å². The second-order valence-electron chi connectivity index (χ2n) is 1.14. The molecule has 0 aromatic carbocycles. The summed E-state index contributed by atoms with van der Waals surface area (Å²) < 4.78 is 33.8. The molecule has 0 N–H and O–H groups in total. The first-order chi connectivity index (χ1) is 3.68. The summed E-state index contributed by atoms with van der Waals surface area (Å²) >= 11 is 3.55. The lowest BCUT2D eigenvalue weighted by Crippen LogP contribution is -1.76. The van der Waals surface area contributed by atoms with Crippen LogP contribution in [0.3, 0.4) is 0 Å². The van der Waals surface area contributed by atoms with Crippen LogP contribution in [0.2, 0.25) is 0 Å². The molecule has 0 fully saturated rings. The van der Waals surface area contributed by atoms with Gasteiger partial charge in [0.1, 0.15) is 0 Å². The average Bonchev–Trinajstić information content (AvgIpc) is 1.67. The molecule has 0 saturated heterocycles. The van der Waals surface area contributed by atoms with Gasteiger partial charge in [-0.25, -0.2) is 4.39 Å². The van der Waals surface area contributed by atoms with E-state index in [1.54, 1.807) is 0 Å². The van der Waals surface area contributed by atoms with Crippen molar-refractivity contribution in [2.24, 2.45) is 0 Å². The smallest absolute Gasteiger partial charge is 0.206 e. The summed E-state index contributed by atoms with van der Waals surface area (Å²) in [6.45, 7) is 0. The molecule has 0 aliphatic carbocycles. The molecule has 0 unspecified atom stereocenters. The molecule has 0 aliphatic rings. The van der Waals surface area contributed by atoms with E-state index in [1.807, 2.05) is 0 Å². The van der Waals surface area contributed by atoms with Crippen LogP contribution in [0.25, 0.3) is 0 Å². The van der Waals surface area contributed by atoms with E-state index in [9.17, 15) is 13.2 Å². The zero-order valence-corrected chi connectivity index (χ0v) is 4.89. The van der Waals surface area contributed by atoms with E-state index in [4.69, 9.17) is 0 Å². The minimum Gasteiger partial charge on any atom is -0.206 e. The lowest BCUT2D eigenvalue weighted by molar-refractivity contribution is 0.373. The summed E-state index contributed by atoms with van der Waals surface area (Å²) in [6.07, 6.45) is -2.52. The highest BCUT2D eigenvalue weighted by molar-refractivity contribution is 7.80. The monoisotopic (exact) mass is 142 g/mol. The van der Waals surface area contributed by atoms with E-state index < -0.39 is 11.9 Å². The lowest BCUT2D eigenvalue weighted by Gasteiger charge is -1.86. The van der Waals surface area contributed by atoms with Crippen molar-refractivity contribution in [3.05, 3.63) is 11.9 Å². The first-order valence-electron chi connectivity index (χ1n) is 1.99. The highest BCUT2D eigenvalue weighted by Gasteiger charge is 2.01. The second-order valence-corrected chi connectivity index (χ2v) is 1.59. The number of rotatable bonds is 2. The standard InChI is InChI=1S/C4H5F3S/c5-3(1-2-8)4(6)7/h8H,1-2H2. The zero-order chi connectivity index (χ0) is 6.57. The predicted octanol–water partition coefficient (Wildman–Crippen LogP) is 2.38. The van der Waals surface area contributed by atoms with Crippen molar-refractivity contribution in [2.45, 2.75) is 6.42 Å². The van der Waals surface area contributed by atoms with Gasteiger partial charge in [-0.2, -0.15) is 21.4 Å². The molecule has 8 heavy (non-hydrogen) atoms. The van der Waals surface area contributed by atoms with Crippen LogP contribution in [0.4, 0.5) is 13.2 Å². The molecule has 0 bridgehead atoms. The molecular formula is C4H5F3S. The normalized spacial score (nSPS) is 9.00. The maximum Gasteiger partial charge on any atom is 0.301 e. The van der Waals surface area contributed by atoms with Crippen molar-refractivity contribution < 1.29 is 13.2 Å². The van der Waals surface area contributed by atoms with Crippen molar-refractivity contribution in [1.82, 2.24) is 0 Å². The molecular weight excluding hydrogens is 137 g/mol. The molecule has 0 aromatic heterocycles. The third kappa shape index (κ3) is 2.96. The predicted molar refractivity (Wildman–Crippen MR) is 28.8 cm³/mol. The minimum atomic E-state index is -2.24. The van der Waals surface area contributed by atoms with Gasteiger partial charge in [0.25, 0.3) is 0 Å². The Bertz CT molecular complexity index is 95.5. The van der Waals surface area contributed by atoms with Gasteiger partial charge in [0.2, 0.25) is 0 Å². The Balaban J connectivity index is 3.62. The third-order valence-corrected chi connectivity index (χ3v) is 0.760. The van der Waals surface area contributed by atoms with Gasteiger partial charge in [-0.3, -0.25) is 0 Å². The summed E-state index contributed by atoms with van der Waals surface area (Å²) in [6, 6.07) is 0. The highest BCUT2D eigenvalue weighted by Crippen LogP contribution is 2.12. The van der Waals surface area contributed by atoms with Crippen LogP contribution in [-0.4, -0.2) is 5.75 Å². The Labute approximate surface area is 50.8 Å². The van der Waals surface area contributed by atoms with E-state index in [1.165, 1.54) is 0 Å².